The summed E-state index contributed by atoms with van der Waals surface area (Å²) in [4.78, 5) is 17.2. The Morgan fingerprint density at radius 2 is 2.56 bits per heavy atom. The van der Waals surface area contributed by atoms with Crippen LogP contribution in [0.5, 0.6) is 0 Å². The highest BCUT2D eigenvalue weighted by molar-refractivity contribution is 9.10. The van der Waals surface area contributed by atoms with Gasteiger partial charge in [0, 0.05) is 23.4 Å². The number of carbonyl (C=O) groups is 1. The highest BCUT2D eigenvalue weighted by atomic mass is 79.9. The number of hydrogen-bond acceptors (Lipinski definition) is 5. The lowest BCUT2D eigenvalue weighted by molar-refractivity contribution is -0.137. The first kappa shape index (κ1) is 12.2. The van der Waals surface area contributed by atoms with Crippen molar-refractivity contribution in [1.82, 2.24) is 4.98 Å². The van der Waals surface area contributed by atoms with Gasteiger partial charge < -0.3 is 10.0 Å². The monoisotopic (exact) mass is 322 g/mol. The molecular formula is C9H11BrN2O2S2. The second-order valence-corrected chi connectivity index (χ2v) is 6.27. The van der Waals surface area contributed by atoms with Crippen LogP contribution >= 0.6 is 39.0 Å². The van der Waals surface area contributed by atoms with E-state index in [0.717, 1.165) is 27.8 Å². The smallest absolute Gasteiger partial charge is 0.305 e. The fourth-order valence-corrected chi connectivity index (χ4v) is 4.06. The van der Waals surface area contributed by atoms with Crippen molar-refractivity contribution >= 4 is 50.1 Å². The van der Waals surface area contributed by atoms with E-state index in [2.05, 4.69) is 25.8 Å². The predicted molar refractivity (Wildman–Crippen MR) is 70.5 cm³/mol. The Labute approximate surface area is 110 Å². The van der Waals surface area contributed by atoms with Crippen LogP contribution in [0, 0.1) is 0 Å². The average molecular weight is 323 g/mol. The van der Waals surface area contributed by atoms with Crippen molar-refractivity contribution in [2.45, 2.75) is 12.5 Å². The second-order valence-electron chi connectivity index (χ2n) is 3.47. The number of carboxylic acids is 1. The van der Waals surface area contributed by atoms with E-state index < -0.39 is 5.97 Å². The predicted octanol–water partition coefficient (Wildman–Crippen LogP) is 2.30. The van der Waals surface area contributed by atoms with Gasteiger partial charge in [-0.15, -0.1) is 11.3 Å². The number of anilines is 1. The molecule has 1 atom stereocenters. The Morgan fingerprint density at radius 3 is 3.19 bits per heavy atom. The maximum Gasteiger partial charge on any atom is 0.305 e. The van der Waals surface area contributed by atoms with Crippen LogP contribution in [0.4, 0.5) is 5.13 Å². The molecule has 16 heavy (non-hydrogen) atoms. The molecule has 4 nitrogen and oxygen atoms in total. The molecule has 1 aliphatic rings. The minimum absolute atomic E-state index is 0.0642. The summed E-state index contributed by atoms with van der Waals surface area (Å²) in [6.07, 6.45) is 0.185. The molecule has 0 aromatic carbocycles. The van der Waals surface area contributed by atoms with Crippen LogP contribution in [-0.4, -0.2) is 40.2 Å². The van der Waals surface area contributed by atoms with Gasteiger partial charge in [0.1, 0.15) is 4.60 Å². The molecule has 1 aromatic rings. The summed E-state index contributed by atoms with van der Waals surface area (Å²) in [7, 11) is 0. The van der Waals surface area contributed by atoms with Crippen LogP contribution in [0.15, 0.2) is 9.98 Å². The number of thioether (sulfide) groups is 1. The first-order valence-corrected chi connectivity index (χ1v) is 7.67. The van der Waals surface area contributed by atoms with E-state index in [-0.39, 0.29) is 12.5 Å². The van der Waals surface area contributed by atoms with Gasteiger partial charge in [0.15, 0.2) is 5.13 Å². The maximum atomic E-state index is 10.8. The standard InChI is InChI=1S/C9H11BrN2O2S2/c10-7-5-16-9(11-7)12-1-2-15-4-6(12)3-8(13)14/h5-6H,1-4H2,(H,13,14). The van der Waals surface area contributed by atoms with Gasteiger partial charge in [0.25, 0.3) is 0 Å². The maximum absolute atomic E-state index is 10.8. The molecule has 88 valence electrons. The zero-order chi connectivity index (χ0) is 11.5. The normalized spacial score (nSPS) is 21.1. The molecular weight excluding hydrogens is 312 g/mol. The Kier molecular flexibility index (Phi) is 4.10. The largest absolute Gasteiger partial charge is 0.481 e. The lowest BCUT2D eigenvalue weighted by Gasteiger charge is -2.34. The number of aliphatic carboxylic acids is 1. The molecule has 1 aliphatic heterocycles. The molecule has 0 bridgehead atoms. The van der Waals surface area contributed by atoms with Gasteiger partial charge in [0.05, 0.1) is 12.5 Å². The Balaban J connectivity index is 2.12. The summed E-state index contributed by atoms with van der Waals surface area (Å²) in [5.74, 6) is 1.16. The van der Waals surface area contributed by atoms with Crippen molar-refractivity contribution in [3.8, 4) is 0 Å². The molecule has 1 aromatic heterocycles. The molecule has 0 amide bonds. The minimum atomic E-state index is -0.742. The summed E-state index contributed by atoms with van der Waals surface area (Å²) in [6.45, 7) is 0.878. The molecule has 1 N–H and O–H groups in total. The number of hydrogen-bond donors (Lipinski definition) is 1. The van der Waals surface area contributed by atoms with Gasteiger partial charge in [-0.2, -0.15) is 11.8 Å². The molecule has 1 saturated heterocycles. The number of rotatable bonds is 3. The number of aromatic nitrogens is 1. The average Bonchev–Trinajstić information content (AvgIpc) is 2.65. The van der Waals surface area contributed by atoms with Crippen molar-refractivity contribution in [3.63, 3.8) is 0 Å². The van der Waals surface area contributed by atoms with Crippen LogP contribution in [0.2, 0.25) is 0 Å². The fourth-order valence-electron chi connectivity index (χ4n) is 1.65. The minimum Gasteiger partial charge on any atom is -0.481 e. The molecule has 0 aliphatic carbocycles. The quantitative estimate of drug-likeness (QED) is 0.925. The van der Waals surface area contributed by atoms with Crippen LogP contribution in [-0.2, 0) is 4.79 Å². The summed E-state index contributed by atoms with van der Waals surface area (Å²) in [5.41, 5.74) is 0. The van der Waals surface area contributed by atoms with E-state index in [1.165, 1.54) is 0 Å². The summed E-state index contributed by atoms with van der Waals surface area (Å²) < 4.78 is 0.819. The zero-order valence-electron chi connectivity index (χ0n) is 8.43. The van der Waals surface area contributed by atoms with Gasteiger partial charge in [-0.05, 0) is 15.9 Å². The second kappa shape index (κ2) is 5.37. The van der Waals surface area contributed by atoms with E-state index in [9.17, 15) is 4.79 Å². The lowest BCUT2D eigenvalue weighted by Crippen LogP contribution is -2.43. The zero-order valence-corrected chi connectivity index (χ0v) is 11.6. The van der Waals surface area contributed by atoms with Gasteiger partial charge >= 0.3 is 5.97 Å². The Bertz CT molecular complexity index is 385. The van der Waals surface area contributed by atoms with Crippen molar-refractivity contribution < 1.29 is 9.90 Å². The first-order valence-electron chi connectivity index (χ1n) is 4.84. The number of thiazole rings is 1. The van der Waals surface area contributed by atoms with Crippen molar-refractivity contribution in [2.24, 2.45) is 0 Å². The van der Waals surface area contributed by atoms with Crippen LogP contribution in [0.25, 0.3) is 0 Å². The third kappa shape index (κ3) is 2.89. The summed E-state index contributed by atoms with van der Waals surface area (Å²) >= 11 is 6.68. The highest BCUT2D eigenvalue weighted by Crippen LogP contribution is 2.29. The van der Waals surface area contributed by atoms with Gasteiger partial charge in [-0.3, -0.25) is 4.79 Å². The van der Waals surface area contributed by atoms with Gasteiger partial charge in [-0.25, -0.2) is 4.98 Å². The lowest BCUT2D eigenvalue weighted by atomic mass is 10.2. The molecule has 7 heteroatoms. The molecule has 0 radical (unpaired) electrons. The number of nitrogens with zero attached hydrogens (tertiary/aromatic N) is 2. The van der Waals surface area contributed by atoms with Crippen molar-refractivity contribution in [1.29, 1.82) is 0 Å². The van der Waals surface area contributed by atoms with Gasteiger partial charge in [0.2, 0.25) is 0 Å². The van der Waals surface area contributed by atoms with Crippen LogP contribution in [0.1, 0.15) is 6.42 Å². The van der Waals surface area contributed by atoms with E-state index >= 15 is 0 Å². The molecule has 0 saturated carbocycles. The molecule has 2 heterocycles. The third-order valence-electron chi connectivity index (χ3n) is 2.35. The van der Waals surface area contributed by atoms with Crippen molar-refractivity contribution in [2.75, 3.05) is 23.0 Å². The Hall–Kier alpha value is -0.270. The summed E-state index contributed by atoms with van der Waals surface area (Å²) in [5, 5.41) is 11.7. The Morgan fingerprint density at radius 1 is 1.75 bits per heavy atom. The van der Waals surface area contributed by atoms with Gasteiger partial charge in [-0.1, -0.05) is 0 Å². The molecule has 0 spiro atoms. The third-order valence-corrected chi connectivity index (χ3v) is 5.03. The van der Waals surface area contributed by atoms with E-state index in [0.29, 0.717) is 0 Å². The SMILES string of the molecule is O=C(O)CC1CSCCN1c1nc(Br)cs1. The first-order chi connectivity index (χ1) is 7.66. The van der Waals surface area contributed by atoms with E-state index in [1.807, 2.05) is 17.1 Å². The van der Waals surface area contributed by atoms with Crippen molar-refractivity contribution in [3.05, 3.63) is 9.98 Å². The fraction of sp³-hybridized carbons (Fsp3) is 0.556. The van der Waals surface area contributed by atoms with E-state index in [4.69, 9.17) is 5.11 Å². The molecule has 1 fully saturated rings. The number of halogens is 1. The topological polar surface area (TPSA) is 53.4 Å². The highest BCUT2D eigenvalue weighted by Gasteiger charge is 2.26. The van der Waals surface area contributed by atoms with Crippen LogP contribution in [0.3, 0.4) is 0 Å². The molecule has 1 unspecified atom stereocenters. The van der Waals surface area contributed by atoms with E-state index in [1.54, 1.807) is 11.3 Å². The summed E-state index contributed by atoms with van der Waals surface area (Å²) in [6, 6.07) is 0.0642. The van der Waals surface area contributed by atoms with Crippen LogP contribution < -0.4 is 4.90 Å². The molecule has 2 rings (SSSR count). The number of carboxylic acid groups (broad SMARTS) is 1.